The molecule has 0 fully saturated rings. The second-order valence-corrected chi connectivity index (χ2v) is 6.51. The van der Waals surface area contributed by atoms with Gasteiger partial charge in [-0.1, -0.05) is 24.3 Å². The van der Waals surface area contributed by atoms with Crippen LogP contribution < -0.4 is 20.8 Å². The lowest BCUT2D eigenvalue weighted by molar-refractivity contribution is -0.136. The number of hydrogen-bond donors (Lipinski definition) is 3. The van der Waals surface area contributed by atoms with Crippen LogP contribution in [0, 0.1) is 11.6 Å². The summed E-state index contributed by atoms with van der Waals surface area (Å²) in [6.07, 6.45) is 1.22. The summed E-state index contributed by atoms with van der Waals surface area (Å²) >= 11 is 0. The minimum absolute atomic E-state index is 0.140. The molecule has 0 spiro atoms. The largest absolute Gasteiger partial charge is 0.483 e. The SMILES string of the molecule is O=C(COc1ccccc1/C=N\NC(=O)C(=O)Nc1ccccc1F)Nc1ccc(F)cc1. The van der Waals surface area contributed by atoms with Crippen LogP contribution in [-0.4, -0.2) is 30.5 Å². The fourth-order valence-corrected chi connectivity index (χ4v) is 2.55. The Morgan fingerprint density at radius 1 is 0.848 bits per heavy atom. The van der Waals surface area contributed by atoms with E-state index in [4.69, 9.17) is 4.74 Å². The first kappa shape index (κ1) is 23.1. The zero-order valence-electron chi connectivity index (χ0n) is 17.0. The Labute approximate surface area is 187 Å². The highest BCUT2D eigenvalue weighted by molar-refractivity contribution is 6.39. The number of nitrogens with zero attached hydrogens (tertiary/aromatic N) is 1. The number of hydrazone groups is 1. The fourth-order valence-electron chi connectivity index (χ4n) is 2.55. The zero-order chi connectivity index (χ0) is 23.6. The molecule has 0 saturated carbocycles. The molecule has 3 aromatic rings. The van der Waals surface area contributed by atoms with Crippen molar-refractivity contribution in [3.05, 3.63) is 90.0 Å². The summed E-state index contributed by atoms with van der Waals surface area (Å²) in [6.45, 7) is -0.334. The van der Waals surface area contributed by atoms with Crippen LogP contribution >= 0.6 is 0 Å². The number of hydrogen-bond acceptors (Lipinski definition) is 5. The molecule has 3 N–H and O–H groups in total. The lowest BCUT2D eigenvalue weighted by atomic mass is 10.2. The van der Waals surface area contributed by atoms with Gasteiger partial charge in [-0.3, -0.25) is 14.4 Å². The van der Waals surface area contributed by atoms with Gasteiger partial charge in [0.15, 0.2) is 6.61 Å². The maximum atomic E-state index is 13.6. The molecule has 0 aliphatic rings. The van der Waals surface area contributed by atoms with Crippen LogP contribution in [0.3, 0.4) is 0 Å². The van der Waals surface area contributed by atoms with Gasteiger partial charge in [0.2, 0.25) is 0 Å². The van der Waals surface area contributed by atoms with Crippen LogP contribution in [0.15, 0.2) is 77.9 Å². The lowest BCUT2D eigenvalue weighted by Gasteiger charge is -2.09. The number of nitrogens with one attached hydrogen (secondary N) is 3. The first-order valence-electron chi connectivity index (χ1n) is 9.58. The average molecular weight is 452 g/mol. The highest BCUT2D eigenvalue weighted by atomic mass is 19.1. The van der Waals surface area contributed by atoms with Crippen molar-refractivity contribution in [1.82, 2.24) is 5.43 Å². The highest BCUT2D eigenvalue weighted by Gasteiger charge is 2.14. The van der Waals surface area contributed by atoms with E-state index in [0.29, 0.717) is 17.0 Å². The third kappa shape index (κ3) is 6.96. The molecule has 33 heavy (non-hydrogen) atoms. The molecule has 0 aromatic heterocycles. The Bertz CT molecular complexity index is 1180. The van der Waals surface area contributed by atoms with Crippen molar-refractivity contribution in [3.63, 3.8) is 0 Å². The monoisotopic (exact) mass is 452 g/mol. The van der Waals surface area contributed by atoms with Gasteiger partial charge in [-0.2, -0.15) is 5.10 Å². The Morgan fingerprint density at radius 2 is 1.55 bits per heavy atom. The Hall–Kier alpha value is -4.60. The van der Waals surface area contributed by atoms with E-state index in [2.05, 4.69) is 15.7 Å². The number of benzene rings is 3. The first-order chi connectivity index (χ1) is 15.9. The van der Waals surface area contributed by atoms with Gasteiger partial charge in [0.25, 0.3) is 5.91 Å². The van der Waals surface area contributed by atoms with Gasteiger partial charge in [-0.05, 0) is 48.5 Å². The first-order valence-corrected chi connectivity index (χ1v) is 9.58. The van der Waals surface area contributed by atoms with Crippen molar-refractivity contribution < 1.29 is 27.9 Å². The zero-order valence-corrected chi connectivity index (χ0v) is 17.0. The van der Waals surface area contributed by atoms with Crippen LogP contribution in [0.2, 0.25) is 0 Å². The average Bonchev–Trinajstić information content (AvgIpc) is 2.81. The molecule has 168 valence electrons. The van der Waals surface area contributed by atoms with E-state index in [9.17, 15) is 23.2 Å². The van der Waals surface area contributed by atoms with Crippen molar-refractivity contribution in [2.45, 2.75) is 0 Å². The Morgan fingerprint density at radius 3 is 2.30 bits per heavy atom. The molecule has 0 radical (unpaired) electrons. The number of carbonyl (C=O) groups is 3. The van der Waals surface area contributed by atoms with Crippen LogP contribution in [0.1, 0.15) is 5.56 Å². The summed E-state index contributed by atoms with van der Waals surface area (Å²) in [5.41, 5.74) is 2.72. The van der Waals surface area contributed by atoms with Gasteiger partial charge >= 0.3 is 11.8 Å². The predicted octanol–water partition coefficient (Wildman–Crippen LogP) is 3.07. The lowest BCUT2D eigenvalue weighted by Crippen LogP contribution is -2.32. The summed E-state index contributed by atoms with van der Waals surface area (Å²) < 4.78 is 32.0. The van der Waals surface area contributed by atoms with Crippen LogP contribution in [-0.2, 0) is 14.4 Å². The number of amides is 3. The number of para-hydroxylation sites is 2. The summed E-state index contributed by atoms with van der Waals surface area (Å²) in [5, 5.41) is 8.39. The molecule has 0 saturated heterocycles. The fraction of sp³-hybridized carbons (Fsp3) is 0.0435. The highest BCUT2D eigenvalue weighted by Crippen LogP contribution is 2.16. The molecule has 3 amide bonds. The van der Waals surface area contributed by atoms with Gasteiger partial charge in [0, 0.05) is 11.3 Å². The maximum absolute atomic E-state index is 13.6. The van der Waals surface area contributed by atoms with E-state index in [1.165, 1.54) is 48.7 Å². The topological polar surface area (TPSA) is 109 Å². The summed E-state index contributed by atoms with van der Waals surface area (Å²) in [4.78, 5) is 35.8. The summed E-state index contributed by atoms with van der Waals surface area (Å²) in [5.74, 6) is -3.48. The number of halogens is 2. The quantitative estimate of drug-likeness (QED) is 0.291. The van der Waals surface area contributed by atoms with Crippen molar-refractivity contribution in [2.24, 2.45) is 5.10 Å². The minimum atomic E-state index is -1.11. The molecule has 0 aliphatic heterocycles. The summed E-state index contributed by atoms with van der Waals surface area (Å²) in [7, 11) is 0. The second kappa shape index (κ2) is 11.1. The third-order valence-electron chi connectivity index (χ3n) is 4.10. The van der Waals surface area contributed by atoms with Crippen molar-refractivity contribution in [1.29, 1.82) is 0 Å². The Kier molecular flexibility index (Phi) is 7.79. The molecule has 3 aromatic carbocycles. The van der Waals surface area contributed by atoms with E-state index in [1.54, 1.807) is 24.3 Å². The van der Waals surface area contributed by atoms with Crippen molar-refractivity contribution >= 4 is 35.3 Å². The van der Waals surface area contributed by atoms with E-state index >= 15 is 0 Å². The number of carbonyl (C=O) groups excluding carboxylic acids is 3. The smallest absolute Gasteiger partial charge is 0.329 e. The van der Waals surface area contributed by atoms with E-state index in [-0.39, 0.29) is 12.3 Å². The van der Waals surface area contributed by atoms with Gasteiger partial charge in [-0.25, -0.2) is 14.2 Å². The van der Waals surface area contributed by atoms with Gasteiger partial charge in [0.1, 0.15) is 17.4 Å². The van der Waals surface area contributed by atoms with Crippen molar-refractivity contribution in [2.75, 3.05) is 17.2 Å². The van der Waals surface area contributed by atoms with Crippen LogP contribution in [0.5, 0.6) is 5.75 Å². The molecule has 0 unspecified atom stereocenters. The number of rotatable bonds is 7. The molecule has 0 heterocycles. The minimum Gasteiger partial charge on any atom is -0.483 e. The van der Waals surface area contributed by atoms with E-state index in [1.807, 2.05) is 5.43 Å². The molecular weight excluding hydrogens is 434 g/mol. The van der Waals surface area contributed by atoms with Crippen LogP contribution in [0.25, 0.3) is 0 Å². The number of anilines is 2. The predicted molar refractivity (Wildman–Crippen MR) is 118 cm³/mol. The molecule has 0 bridgehead atoms. The van der Waals surface area contributed by atoms with Gasteiger partial charge < -0.3 is 15.4 Å². The molecule has 10 heteroatoms. The molecule has 0 aliphatic carbocycles. The Balaban J connectivity index is 1.53. The second-order valence-electron chi connectivity index (χ2n) is 6.51. The third-order valence-corrected chi connectivity index (χ3v) is 4.10. The maximum Gasteiger partial charge on any atom is 0.329 e. The van der Waals surface area contributed by atoms with Gasteiger partial charge in [-0.15, -0.1) is 0 Å². The van der Waals surface area contributed by atoms with Crippen LogP contribution in [0.4, 0.5) is 20.2 Å². The summed E-state index contributed by atoms with van der Waals surface area (Å²) in [6, 6.07) is 17.2. The van der Waals surface area contributed by atoms with E-state index < -0.39 is 29.4 Å². The normalized spacial score (nSPS) is 10.5. The molecule has 3 rings (SSSR count). The van der Waals surface area contributed by atoms with Gasteiger partial charge in [0.05, 0.1) is 11.9 Å². The molecule has 8 nitrogen and oxygen atoms in total. The standard InChI is InChI=1S/C23H18F2N4O4/c24-16-9-11-17(12-10-16)27-21(30)14-33-20-8-4-1-5-15(20)13-26-29-23(32)22(31)28-19-7-3-2-6-18(19)25/h1-13H,14H2,(H,27,30)(H,28,31)(H,29,32)/b26-13-. The van der Waals surface area contributed by atoms with E-state index in [0.717, 1.165) is 6.07 Å². The number of ether oxygens (including phenoxy) is 1. The molecular formula is C23H18F2N4O4. The molecule has 0 atom stereocenters. The van der Waals surface area contributed by atoms with Crippen molar-refractivity contribution in [3.8, 4) is 5.75 Å².